The SMILES string of the molecule is CC(C)(C)OC(=O)N[C@@](C)(CO)CCCc1c(Cl)sc2cc(C(F)(F)F)ccc12. The van der Waals surface area contributed by atoms with Gasteiger partial charge in [-0.1, -0.05) is 17.7 Å². The van der Waals surface area contributed by atoms with E-state index in [1.807, 2.05) is 0 Å². The number of amides is 1. The van der Waals surface area contributed by atoms with Crippen LogP contribution < -0.4 is 5.32 Å². The van der Waals surface area contributed by atoms with Gasteiger partial charge in [-0.2, -0.15) is 13.2 Å². The van der Waals surface area contributed by atoms with Crippen molar-refractivity contribution in [3.05, 3.63) is 33.7 Å². The average Bonchev–Trinajstić information content (AvgIpc) is 2.87. The molecule has 0 aliphatic carbocycles. The van der Waals surface area contributed by atoms with Crippen LogP contribution in [0.15, 0.2) is 18.2 Å². The predicted molar refractivity (Wildman–Crippen MR) is 110 cm³/mol. The van der Waals surface area contributed by atoms with E-state index < -0.39 is 29.0 Å². The Labute approximate surface area is 177 Å². The maximum absolute atomic E-state index is 12.9. The van der Waals surface area contributed by atoms with Crippen molar-refractivity contribution in [2.24, 2.45) is 0 Å². The standard InChI is InChI=1S/C20H25ClF3NO3S/c1-18(2,3)28-17(27)25-19(4,11-26)9-5-6-14-13-8-7-12(20(22,23)24)10-15(13)29-16(14)21/h7-8,10,26H,5-6,9,11H2,1-4H3,(H,25,27)/t19-/m1/s1. The number of halogens is 4. The molecule has 1 atom stereocenters. The number of aryl methyl sites for hydroxylation is 1. The van der Waals surface area contributed by atoms with Crippen molar-refractivity contribution in [1.82, 2.24) is 5.32 Å². The van der Waals surface area contributed by atoms with E-state index in [0.29, 0.717) is 33.7 Å². The highest BCUT2D eigenvalue weighted by Gasteiger charge is 2.31. The number of alkyl carbamates (subject to hydrolysis) is 1. The molecule has 0 bridgehead atoms. The highest BCUT2D eigenvalue weighted by atomic mass is 35.5. The van der Waals surface area contributed by atoms with Crippen molar-refractivity contribution in [3.63, 3.8) is 0 Å². The second kappa shape index (κ2) is 8.70. The lowest BCUT2D eigenvalue weighted by molar-refractivity contribution is -0.137. The number of ether oxygens (including phenoxy) is 1. The van der Waals surface area contributed by atoms with Gasteiger partial charge in [0.2, 0.25) is 0 Å². The fourth-order valence-electron chi connectivity index (χ4n) is 2.92. The Balaban J connectivity index is 2.07. The highest BCUT2D eigenvalue weighted by molar-refractivity contribution is 7.22. The normalized spacial score (nSPS) is 14.7. The molecule has 0 unspecified atom stereocenters. The second-order valence-corrected chi connectivity index (χ2v) is 9.92. The molecule has 0 saturated carbocycles. The van der Waals surface area contributed by atoms with Crippen LogP contribution in [0.5, 0.6) is 0 Å². The number of fused-ring (bicyclic) bond motifs is 1. The number of aliphatic hydroxyl groups is 1. The zero-order valence-corrected chi connectivity index (χ0v) is 18.3. The number of rotatable bonds is 6. The molecule has 2 aromatic rings. The van der Waals surface area contributed by atoms with Gasteiger partial charge in [-0.25, -0.2) is 4.79 Å². The Kier molecular flexibility index (Phi) is 7.13. The third-order valence-electron chi connectivity index (χ3n) is 4.38. The molecule has 2 N–H and O–H groups in total. The Morgan fingerprint density at radius 1 is 1.24 bits per heavy atom. The monoisotopic (exact) mass is 451 g/mol. The molecule has 162 valence electrons. The smallest absolute Gasteiger partial charge is 0.416 e. The molecule has 0 aliphatic rings. The Morgan fingerprint density at radius 3 is 2.45 bits per heavy atom. The summed E-state index contributed by atoms with van der Waals surface area (Å²) in [5.74, 6) is 0. The van der Waals surface area contributed by atoms with Gasteiger partial charge >= 0.3 is 12.3 Å². The van der Waals surface area contributed by atoms with E-state index in [-0.39, 0.29) is 6.61 Å². The largest absolute Gasteiger partial charge is 0.444 e. The van der Waals surface area contributed by atoms with E-state index in [0.717, 1.165) is 29.0 Å². The summed E-state index contributed by atoms with van der Waals surface area (Å²) in [5.41, 5.74) is -1.47. The predicted octanol–water partition coefficient (Wildman–Crippen LogP) is 6.17. The lowest BCUT2D eigenvalue weighted by atomic mass is 9.94. The van der Waals surface area contributed by atoms with Crippen molar-refractivity contribution in [2.45, 2.75) is 64.3 Å². The molecule has 0 spiro atoms. The van der Waals surface area contributed by atoms with Gasteiger partial charge in [-0.05, 0) is 70.0 Å². The summed E-state index contributed by atoms with van der Waals surface area (Å²) in [5, 5.41) is 13.1. The summed E-state index contributed by atoms with van der Waals surface area (Å²) in [6.07, 6.45) is -3.50. The topological polar surface area (TPSA) is 58.6 Å². The number of hydrogen-bond acceptors (Lipinski definition) is 4. The molecule has 1 aromatic heterocycles. The van der Waals surface area contributed by atoms with Crippen LogP contribution in [0.4, 0.5) is 18.0 Å². The number of carbonyl (C=O) groups is 1. The highest BCUT2D eigenvalue weighted by Crippen LogP contribution is 2.39. The second-order valence-electron chi connectivity index (χ2n) is 8.26. The number of alkyl halides is 3. The maximum Gasteiger partial charge on any atom is 0.416 e. The average molecular weight is 452 g/mol. The summed E-state index contributed by atoms with van der Waals surface area (Å²) in [6.45, 7) is 6.67. The van der Waals surface area contributed by atoms with E-state index >= 15 is 0 Å². The van der Waals surface area contributed by atoms with Crippen molar-refractivity contribution in [2.75, 3.05) is 6.61 Å². The van der Waals surface area contributed by atoms with Crippen LogP contribution in [0.3, 0.4) is 0 Å². The molecular formula is C20H25ClF3NO3S. The molecule has 29 heavy (non-hydrogen) atoms. The number of nitrogens with one attached hydrogen (secondary N) is 1. The van der Waals surface area contributed by atoms with Gasteiger partial charge < -0.3 is 15.2 Å². The first-order chi connectivity index (χ1) is 13.2. The molecule has 1 amide bonds. The van der Waals surface area contributed by atoms with Gasteiger partial charge in [0.25, 0.3) is 0 Å². The zero-order chi connectivity index (χ0) is 22.0. The van der Waals surface area contributed by atoms with E-state index in [9.17, 15) is 23.1 Å². The summed E-state index contributed by atoms with van der Waals surface area (Å²) in [6, 6.07) is 3.61. The first-order valence-corrected chi connectivity index (χ1v) is 10.3. The van der Waals surface area contributed by atoms with Gasteiger partial charge in [0.1, 0.15) is 5.60 Å². The van der Waals surface area contributed by atoms with Crippen LogP contribution in [0.1, 0.15) is 51.7 Å². The van der Waals surface area contributed by atoms with Crippen molar-refractivity contribution >= 4 is 39.1 Å². The molecule has 1 aromatic carbocycles. The quantitative estimate of drug-likeness (QED) is 0.552. The van der Waals surface area contributed by atoms with E-state index in [4.69, 9.17) is 16.3 Å². The summed E-state index contributed by atoms with van der Waals surface area (Å²) < 4.78 is 44.9. The molecule has 4 nitrogen and oxygen atoms in total. The first kappa shape index (κ1) is 23.8. The van der Waals surface area contributed by atoms with Crippen LogP contribution in [0, 0.1) is 0 Å². The van der Waals surface area contributed by atoms with E-state index in [1.54, 1.807) is 27.7 Å². The summed E-state index contributed by atoms with van der Waals surface area (Å²) in [4.78, 5) is 12.0. The van der Waals surface area contributed by atoms with Crippen LogP contribution in [-0.4, -0.2) is 28.9 Å². The Morgan fingerprint density at radius 2 is 1.90 bits per heavy atom. The van der Waals surface area contributed by atoms with Crippen molar-refractivity contribution < 1.29 is 27.8 Å². The van der Waals surface area contributed by atoms with Gasteiger partial charge in [0.15, 0.2) is 0 Å². The van der Waals surface area contributed by atoms with E-state index in [1.165, 1.54) is 6.07 Å². The lowest BCUT2D eigenvalue weighted by Gasteiger charge is -2.30. The van der Waals surface area contributed by atoms with Gasteiger partial charge in [-0.15, -0.1) is 11.3 Å². The molecule has 0 aliphatic heterocycles. The maximum atomic E-state index is 12.9. The third kappa shape index (κ3) is 6.49. The molecule has 0 radical (unpaired) electrons. The molecule has 0 fully saturated rings. The number of carbonyl (C=O) groups excluding carboxylic acids is 1. The zero-order valence-electron chi connectivity index (χ0n) is 16.7. The minimum absolute atomic E-state index is 0.278. The number of benzene rings is 1. The first-order valence-electron chi connectivity index (χ1n) is 9.14. The van der Waals surface area contributed by atoms with Crippen LogP contribution in [0.25, 0.3) is 10.1 Å². The number of thiophene rings is 1. The minimum atomic E-state index is -4.40. The van der Waals surface area contributed by atoms with Crippen LogP contribution >= 0.6 is 22.9 Å². The van der Waals surface area contributed by atoms with Gasteiger partial charge in [0.05, 0.1) is 22.0 Å². The lowest BCUT2D eigenvalue weighted by Crippen LogP contribution is -2.50. The molecule has 0 saturated heterocycles. The van der Waals surface area contributed by atoms with Gasteiger partial charge in [-0.3, -0.25) is 0 Å². The number of hydrogen-bond donors (Lipinski definition) is 2. The molecule has 9 heteroatoms. The number of aliphatic hydroxyl groups excluding tert-OH is 1. The van der Waals surface area contributed by atoms with Crippen molar-refractivity contribution in [1.29, 1.82) is 0 Å². The van der Waals surface area contributed by atoms with Crippen molar-refractivity contribution in [3.8, 4) is 0 Å². The molecule has 2 rings (SSSR count). The Hall–Kier alpha value is -1.51. The molecular weight excluding hydrogens is 427 g/mol. The van der Waals surface area contributed by atoms with Crippen LogP contribution in [-0.2, 0) is 17.3 Å². The minimum Gasteiger partial charge on any atom is -0.444 e. The fourth-order valence-corrected chi connectivity index (χ4v) is 4.38. The van der Waals surface area contributed by atoms with E-state index in [2.05, 4.69) is 5.32 Å². The van der Waals surface area contributed by atoms with Crippen LogP contribution in [0.2, 0.25) is 4.34 Å². The summed E-state index contributed by atoms with van der Waals surface area (Å²) in [7, 11) is 0. The third-order valence-corrected chi connectivity index (χ3v) is 5.82. The fraction of sp³-hybridized carbons (Fsp3) is 0.550. The Bertz CT molecular complexity index is 876. The molecule has 1 heterocycles. The summed E-state index contributed by atoms with van der Waals surface area (Å²) >= 11 is 7.39. The van der Waals surface area contributed by atoms with Gasteiger partial charge in [0, 0.05) is 4.70 Å².